The molecule has 0 N–H and O–H groups in total. The molecule has 1 fully saturated rings. The Morgan fingerprint density at radius 1 is 1.36 bits per heavy atom. The molecule has 128 valence electrons. The molecular weight excluding hydrogens is 349 g/mol. The van der Waals surface area contributed by atoms with Crippen molar-refractivity contribution in [3.63, 3.8) is 0 Å². The number of hydrogen-bond acceptors (Lipinski definition) is 7. The van der Waals surface area contributed by atoms with Crippen LogP contribution in [0.15, 0.2) is 57.3 Å². The maximum atomic E-state index is 13.1. The number of thioether (sulfide) groups is 1. The summed E-state index contributed by atoms with van der Waals surface area (Å²) in [5.41, 5.74) is 0.367. The summed E-state index contributed by atoms with van der Waals surface area (Å²) in [4.78, 5) is 24.5. The summed E-state index contributed by atoms with van der Waals surface area (Å²) >= 11 is 0.959. The zero-order valence-electron chi connectivity index (χ0n) is 12.7. The maximum absolute atomic E-state index is 13.1. The third-order valence-electron chi connectivity index (χ3n) is 3.24. The lowest BCUT2D eigenvalue weighted by Crippen LogP contribution is -2.35. The Kier molecular flexibility index (Phi) is 4.94. The van der Waals surface area contributed by atoms with Crippen molar-refractivity contribution in [2.45, 2.75) is 11.7 Å². The van der Waals surface area contributed by atoms with Gasteiger partial charge in [0.15, 0.2) is 5.17 Å². The fourth-order valence-corrected chi connectivity index (χ4v) is 3.22. The van der Waals surface area contributed by atoms with Gasteiger partial charge in [-0.3, -0.25) is 9.69 Å². The summed E-state index contributed by atoms with van der Waals surface area (Å²) in [5, 5.41) is 18.0. The van der Waals surface area contributed by atoms with Gasteiger partial charge in [0.2, 0.25) is 5.91 Å². The topological polar surface area (TPSA) is 98.3 Å². The number of aliphatic carboxylic acids is 1. The second kappa shape index (κ2) is 7.31. The molecule has 2 heterocycles. The third kappa shape index (κ3) is 3.94. The smallest absolute Gasteiger partial charge is 0.247 e. The molecule has 0 bridgehead atoms. The van der Waals surface area contributed by atoms with E-state index in [0.717, 1.165) is 11.8 Å². The minimum absolute atomic E-state index is 0.186. The van der Waals surface area contributed by atoms with Gasteiger partial charge in [-0.2, -0.15) is 5.10 Å². The second-order valence-corrected chi connectivity index (χ2v) is 6.15. The molecule has 0 saturated carbocycles. The lowest BCUT2D eigenvalue weighted by atomic mass is 10.2. The molecule has 0 unspecified atom stereocenters. The first-order chi connectivity index (χ1) is 12.0. The first-order valence-corrected chi connectivity index (χ1v) is 8.03. The molecule has 9 heteroatoms. The number of rotatable bonds is 5. The normalized spacial score (nSPS) is 19.2. The number of halogens is 1. The van der Waals surface area contributed by atoms with Gasteiger partial charge in [-0.15, -0.1) is 5.10 Å². The van der Waals surface area contributed by atoms with Crippen LogP contribution >= 0.6 is 11.8 Å². The Hall–Kier alpha value is -2.94. The van der Waals surface area contributed by atoms with E-state index in [4.69, 9.17) is 4.42 Å². The first kappa shape index (κ1) is 16.9. The number of hydrogen-bond donors (Lipinski definition) is 0. The number of carboxylic acids is 1. The van der Waals surface area contributed by atoms with E-state index in [0.29, 0.717) is 11.4 Å². The van der Waals surface area contributed by atoms with Gasteiger partial charge in [-0.1, -0.05) is 11.8 Å². The van der Waals surface area contributed by atoms with Crippen LogP contribution in [-0.2, 0) is 9.59 Å². The molecular formula is C16H11FN3O4S-. The van der Waals surface area contributed by atoms with Crippen molar-refractivity contribution in [3.8, 4) is 0 Å². The van der Waals surface area contributed by atoms with Gasteiger partial charge >= 0.3 is 0 Å². The molecule has 0 aliphatic carbocycles. The van der Waals surface area contributed by atoms with Gasteiger partial charge in [0, 0.05) is 12.4 Å². The van der Waals surface area contributed by atoms with Crippen LogP contribution in [0.3, 0.4) is 0 Å². The third-order valence-corrected chi connectivity index (χ3v) is 4.37. The summed E-state index contributed by atoms with van der Waals surface area (Å²) in [6, 6.07) is 8.56. The van der Waals surface area contributed by atoms with Crippen molar-refractivity contribution in [2.24, 2.45) is 10.2 Å². The molecule has 1 saturated heterocycles. The van der Waals surface area contributed by atoms with Crippen LogP contribution in [0.5, 0.6) is 0 Å². The van der Waals surface area contributed by atoms with Crippen molar-refractivity contribution >= 4 is 40.7 Å². The average Bonchev–Trinajstić information content (AvgIpc) is 3.18. The van der Waals surface area contributed by atoms with E-state index < -0.39 is 29.4 Å². The van der Waals surface area contributed by atoms with E-state index in [2.05, 4.69) is 10.2 Å². The number of amides is 1. The summed E-state index contributed by atoms with van der Waals surface area (Å²) in [5.74, 6) is -1.81. The highest BCUT2D eigenvalue weighted by molar-refractivity contribution is 8.16. The summed E-state index contributed by atoms with van der Waals surface area (Å²) in [7, 11) is 0. The number of anilines is 1. The van der Waals surface area contributed by atoms with Crippen molar-refractivity contribution < 1.29 is 23.5 Å². The van der Waals surface area contributed by atoms with Gasteiger partial charge in [0.05, 0.1) is 23.4 Å². The number of benzene rings is 1. The molecule has 0 spiro atoms. The average molecular weight is 360 g/mol. The predicted octanol–water partition coefficient (Wildman–Crippen LogP) is 1.40. The van der Waals surface area contributed by atoms with Crippen molar-refractivity contribution in [1.82, 2.24) is 0 Å². The fraction of sp³-hybridized carbons (Fsp3) is 0.125. The molecule has 1 aliphatic rings. The predicted molar refractivity (Wildman–Crippen MR) is 88.6 cm³/mol. The molecule has 7 nitrogen and oxygen atoms in total. The van der Waals surface area contributed by atoms with Crippen molar-refractivity contribution in [2.75, 3.05) is 4.90 Å². The van der Waals surface area contributed by atoms with Gasteiger partial charge in [-0.05, 0) is 36.4 Å². The van der Waals surface area contributed by atoms with E-state index in [9.17, 15) is 19.1 Å². The standard InChI is InChI=1S/C16H12FN3O4S/c17-10-3-5-11(6-4-10)20-15(23)13(8-14(21)22)25-16(20)19-18-9-12-2-1-7-24-12/h1-7,9,13H,8H2,(H,21,22)/p-1/b18-9-,19-16+/t13-/m0/s1. The molecule has 0 radical (unpaired) electrons. The van der Waals surface area contributed by atoms with Crippen molar-refractivity contribution in [3.05, 3.63) is 54.2 Å². The highest BCUT2D eigenvalue weighted by Gasteiger charge is 2.39. The molecule has 1 aromatic heterocycles. The van der Waals surface area contributed by atoms with Crippen LogP contribution in [0, 0.1) is 5.82 Å². The zero-order chi connectivity index (χ0) is 17.8. The molecule has 25 heavy (non-hydrogen) atoms. The van der Waals surface area contributed by atoms with Gasteiger partial charge < -0.3 is 14.3 Å². The molecule has 1 atom stereocenters. The molecule has 1 aliphatic heterocycles. The minimum Gasteiger partial charge on any atom is -0.550 e. The van der Waals surface area contributed by atoms with Crippen LogP contribution in [-0.4, -0.2) is 28.5 Å². The number of carboxylic acid groups (broad SMARTS) is 1. The number of nitrogens with zero attached hydrogens (tertiary/aromatic N) is 3. The highest BCUT2D eigenvalue weighted by Crippen LogP contribution is 2.33. The van der Waals surface area contributed by atoms with E-state index in [1.54, 1.807) is 12.1 Å². The van der Waals surface area contributed by atoms with E-state index in [1.165, 1.54) is 41.6 Å². The Morgan fingerprint density at radius 2 is 2.12 bits per heavy atom. The second-order valence-electron chi connectivity index (χ2n) is 4.98. The van der Waals surface area contributed by atoms with Crippen LogP contribution in [0.1, 0.15) is 12.2 Å². The first-order valence-electron chi connectivity index (χ1n) is 7.15. The quantitative estimate of drug-likeness (QED) is 0.593. The maximum Gasteiger partial charge on any atom is 0.247 e. The number of carbonyl (C=O) groups is 2. The van der Waals surface area contributed by atoms with Crippen molar-refractivity contribution in [1.29, 1.82) is 0 Å². The van der Waals surface area contributed by atoms with Gasteiger partial charge in [-0.25, -0.2) is 4.39 Å². The number of carbonyl (C=O) groups excluding carboxylic acids is 2. The monoisotopic (exact) mass is 360 g/mol. The number of furan rings is 1. The van der Waals surface area contributed by atoms with Crippen LogP contribution in [0.4, 0.5) is 10.1 Å². The Labute approximate surface area is 145 Å². The Bertz CT molecular complexity index is 834. The highest BCUT2D eigenvalue weighted by atomic mass is 32.2. The lowest BCUT2D eigenvalue weighted by Gasteiger charge is -2.15. The van der Waals surface area contributed by atoms with Crippen LogP contribution in [0.2, 0.25) is 0 Å². The lowest BCUT2D eigenvalue weighted by molar-refractivity contribution is -0.305. The largest absolute Gasteiger partial charge is 0.550 e. The molecule has 2 aromatic rings. The SMILES string of the molecule is O=C([O-])C[C@@H]1S/C(=N/N=C\c2ccco2)N(c2ccc(F)cc2)C1=O. The Balaban J connectivity index is 1.90. The minimum atomic E-state index is -1.34. The summed E-state index contributed by atoms with van der Waals surface area (Å²) in [6.07, 6.45) is 2.37. The molecule has 3 rings (SSSR count). The van der Waals surface area contributed by atoms with Crippen LogP contribution < -0.4 is 10.0 Å². The van der Waals surface area contributed by atoms with Gasteiger partial charge in [0.25, 0.3) is 0 Å². The summed E-state index contributed by atoms with van der Waals surface area (Å²) < 4.78 is 18.2. The van der Waals surface area contributed by atoms with E-state index in [-0.39, 0.29) is 5.17 Å². The van der Waals surface area contributed by atoms with Gasteiger partial charge in [0.1, 0.15) is 11.6 Å². The Morgan fingerprint density at radius 3 is 2.76 bits per heavy atom. The molecule has 1 aromatic carbocycles. The van der Waals surface area contributed by atoms with Crippen LogP contribution in [0.25, 0.3) is 0 Å². The van der Waals surface area contributed by atoms with E-state index >= 15 is 0 Å². The van der Waals surface area contributed by atoms with E-state index in [1.807, 2.05) is 0 Å². The molecule has 1 amide bonds. The summed E-state index contributed by atoms with van der Waals surface area (Å²) in [6.45, 7) is 0. The fourth-order valence-electron chi connectivity index (χ4n) is 2.14. The zero-order valence-corrected chi connectivity index (χ0v) is 13.5. The number of amidine groups is 1.